The molecular formula is C10H6ClNO2. The van der Waals surface area contributed by atoms with Gasteiger partial charge in [-0.25, -0.2) is 9.78 Å². The van der Waals surface area contributed by atoms with Crippen molar-refractivity contribution < 1.29 is 9.90 Å². The van der Waals surface area contributed by atoms with Crippen LogP contribution in [-0.2, 0) is 0 Å². The lowest BCUT2D eigenvalue weighted by Crippen LogP contribution is -1.99. The van der Waals surface area contributed by atoms with Crippen LogP contribution in [0.15, 0.2) is 30.3 Å². The highest BCUT2D eigenvalue weighted by molar-refractivity contribution is 6.31. The lowest BCUT2D eigenvalue weighted by atomic mass is 10.2. The molecule has 3 nitrogen and oxygen atoms in total. The SMILES string of the molecule is O=C(O)c1ccc2ccc(Cl)cc2n1. The van der Waals surface area contributed by atoms with Gasteiger partial charge in [-0.1, -0.05) is 23.7 Å². The Morgan fingerprint density at radius 1 is 1.29 bits per heavy atom. The molecule has 0 unspecified atom stereocenters. The number of aromatic carboxylic acids is 1. The molecule has 1 aromatic heterocycles. The van der Waals surface area contributed by atoms with E-state index in [1.165, 1.54) is 6.07 Å². The second kappa shape index (κ2) is 3.27. The van der Waals surface area contributed by atoms with Gasteiger partial charge >= 0.3 is 5.97 Å². The Morgan fingerprint density at radius 3 is 2.71 bits per heavy atom. The van der Waals surface area contributed by atoms with Gasteiger partial charge in [0.15, 0.2) is 0 Å². The Kier molecular flexibility index (Phi) is 2.09. The van der Waals surface area contributed by atoms with Gasteiger partial charge in [0, 0.05) is 10.4 Å². The van der Waals surface area contributed by atoms with Gasteiger partial charge in [-0.15, -0.1) is 0 Å². The second-order valence-corrected chi connectivity index (χ2v) is 3.28. The highest BCUT2D eigenvalue weighted by atomic mass is 35.5. The predicted molar refractivity (Wildman–Crippen MR) is 53.7 cm³/mol. The fourth-order valence-electron chi connectivity index (χ4n) is 1.21. The van der Waals surface area contributed by atoms with Crippen LogP contribution in [0.5, 0.6) is 0 Å². The van der Waals surface area contributed by atoms with Gasteiger partial charge in [-0.2, -0.15) is 0 Å². The molecule has 1 heterocycles. The van der Waals surface area contributed by atoms with Crippen molar-refractivity contribution in [3.8, 4) is 0 Å². The summed E-state index contributed by atoms with van der Waals surface area (Å²) in [7, 11) is 0. The van der Waals surface area contributed by atoms with Crippen molar-refractivity contribution in [3.05, 3.63) is 41.0 Å². The minimum atomic E-state index is -1.04. The first kappa shape index (κ1) is 8.97. The smallest absolute Gasteiger partial charge is 0.354 e. The molecule has 1 aromatic carbocycles. The number of carboxylic acids is 1. The van der Waals surface area contributed by atoms with Gasteiger partial charge in [0.05, 0.1) is 5.52 Å². The zero-order valence-corrected chi connectivity index (χ0v) is 7.82. The third-order valence-electron chi connectivity index (χ3n) is 1.87. The molecule has 0 radical (unpaired) electrons. The fraction of sp³-hybridized carbons (Fsp3) is 0. The van der Waals surface area contributed by atoms with Crippen LogP contribution >= 0.6 is 11.6 Å². The third-order valence-corrected chi connectivity index (χ3v) is 2.11. The molecule has 70 valence electrons. The van der Waals surface area contributed by atoms with Crippen molar-refractivity contribution in [2.45, 2.75) is 0 Å². The number of halogens is 1. The van der Waals surface area contributed by atoms with Crippen LogP contribution < -0.4 is 0 Å². The van der Waals surface area contributed by atoms with Crippen molar-refractivity contribution in [2.75, 3.05) is 0 Å². The summed E-state index contributed by atoms with van der Waals surface area (Å²) in [6, 6.07) is 8.37. The van der Waals surface area contributed by atoms with Crippen LogP contribution in [0.2, 0.25) is 5.02 Å². The molecule has 0 aliphatic carbocycles. The quantitative estimate of drug-likeness (QED) is 0.782. The van der Waals surface area contributed by atoms with E-state index in [-0.39, 0.29) is 5.69 Å². The van der Waals surface area contributed by atoms with E-state index in [4.69, 9.17) is 16.7 Å². The van der Waals surface area contributed by atoms with E-state index in [1.807, 2.05) is 0 Å². The summed E-state index contributed by atoms with van der Waals surface area (Å²) < 4.78 is 0. The first-order valence-corrected chi connectivity index (χ1v) is 4.34. The number of carboxylic acid groups (broad SMARTS) is 1. The fourth-order valence-corrected chi connectivity index (χ4v) is 1.38. The number of rotatable bonds is 1. The molecule has 1 N–H and O–H groups in total. The average molecular weight is 208 g/mol. The number of hydrogen-bond donors (Lipinski definition) is 1. The molecule has 0 aliphatic rings. The maximum atomic E-state index is 10.6. The van der Waals surface area contributed by atoms with E-state index in [1.54, 1.807) is 24.3 Å². The zero-order chi connectivity index (χ0) is 10.1. The number of hydrogen-bond acceptors (Lipinski definition) is 2. The second-order valence-electron chi connectivity index (χ2n) is 2.84. The lowest BCUT2D eigenvalue weighted by molar-refractivity contribution is 0.0691. The van der Waals surface area contributed by atoms with Gasteiger partial charge in [0.1, 0.15) is 5.69 Å². The highest BCUT2D eigenvalue weighted by Gasteiger charge is 2.05. The summed E-state index contributed by atoms with van der Waals surface area (Å²) >= 11 is 5.76. The molecule has 0 atom stereocenters. The Balaban J connectivity index is 2.69. The van der Waals surface area contributed by atoms with Crippen LogP contribution in [-0.4, -0.2) is 16.1 Å². The summed E-state index contributed by atoms with van der Waals surface area (Å²) in [4.78, 5) is 14.6. The van der Waals surface area contributed by atoms with E-state index < -0.39 is 5.97 Å². The van der Waals surface area contributed by atoms with Gasteiger partial charge in [-0.05, 0) is 18.2 Å². The molecule has 0 amide bonds. The summed E-state index contributed by atoms with van der Waals surface area (Å²) in [5.41, 5.74) is 0.622. The standard InChI is InChI=1S/C10H6ClNO2/c11-7-3-1-6-2-4-8(10(13)14)12-9(6)5-7/h1-5H,(H,13,14). The first-order chi connectivity index (χ1) is 6.66. The van der Waals surface area contributed by atoms with Crippen molar-refractivity contribution in [1.29, 1.82) is 0 Å². The monoisotopic (exact) mass is 207 g/mol. The van der Waals surface area contributed by atoms with Crippen molar-refractivity contribution in [3.63, 3.8) is 0 Å². The minimum absolute atomic E-state index is 0.0276. The number of carbonyl (C=O) groups is 1. The molecular weight excluding hydrogens is 202 g/mol. The summed E-state index contributed by atoms with van der Waals surface area (Å²) in [6.07, 6.45) is 0. The van der Waals surface area contributed by atoms with E-state index in [9.17, 15) is 4.79 Å². The molecule has 0 bridgehead atoms. The Labute approximate surface area is 85.0 Å². The molecule has 4 heteroatoms. The summed E-state index contributed by atoms with van der Waals surface area (Å²) in [5, 5.41) is 10.1. The molecule has 2 rings (SSSR count). The van der Waals surface area contributed by atoms with E-state index in [0.717, 1.165) is 5.39 Å². The van der Waals surface area contributed by atoms with E-state index >= 15 is 0 Å². The zero-order valence-electron chi connectivity index (χ0n) is 7.07. The Hall–Kier alpha value is -1.61. The third kappa shape index (κ3) is 1.54. The number of pyridine rings is 1. The minimum Gasteiger partial charge on any atom is -0.477 e. The molecule has 14 heavy (non-hydrogen) atoms. The normalized spacial score (nSPS) is 10.4. The van der Waals surface area contributed by atoms with Crippen LogP contribution in [0.25, 0.3) is 10.9 Å². The molecule has 0 spiro atoms. The molecule has 0 aliphatic heterocycles. The molecule has 0 saturated heterocycles. The predicted octanol–water partition coefficient (Wildman–Crippen LogP) is 2.59. The van der Waals surface area contributed by atoms with Gasteiger partial charge in [0.2, 0.25) is 0 Å². The Morgan fingerprint density at radius 2 is 2.00 bits per heavy atom. The molecule has 2 aromatic rings. The molecule has 0 fully saturated rings. The largest absolute Gasteiger partial charge is 0.477 e. The van der Waals surface area contributed by atoms with Crippen LogP contribution in [0, 0.1) is 0 Å². The average Bonchev–Trinajstić information content (AvgIpc) is 2.16. The van der Waals surface area contributed by atoms with Gasteiger partial charge in [0.25, 0.3) is 0 Å². The van der Waals surface area contributed by atoms with Crippen molar-refractivity contribution >= 4 is 28.5 Å². The Bertz CT molecular complexity index is 510. The maximum Gasteiger partial charge on any atom is 0.354 e. The lowest BCUT2D eigenvalue weighted by Gasteiger charge is -1.98. The maximum absolute atomic E-state index is 10.6. The highest BCUT2D eigenvalue weighted by Crippen LogP contribution is 2.17. The van der Waals surface area contributed by atoms with Crippen LogP contribution in [0.4, 0.5) is 0 Å². The topological polar surface area (TPSA) is 50.2 Å². The summed E-state index contributed by atoms with van der Waals surface area (Å²) in [6.45, 7) is 0. The first-order valence-electron chi connectivity index (χ1n) is 3.96. The number of aromatic nitrogens is 1. The van der Waals surface area contributed by atoms with E-state index in [2.05, 4.69) is 4.98 Å². The van der Waals surface area contributed by atoms with E-state index in [0.29, 0.717) is 10.5 Å². The van der Waals surface area contributed by atoms with Crippen molar-refractivity contribution in [2.24, 2.45) is 0 Å². The van der Waals surface area contributed by atoms with Crippen LogP contribution in [0.1, 0.15) is 10.5 Å². The van der Waals surface area contributed by atoms with Gasteiger partial charge < -0.3 is 5.11 Å². The van der Waals surface area contributed by atoms with Crippen LogP contribution in [0.3, 0.4) is 0 Å². The number of nitrogens with zero attached hydrogens (tertiary/aromatic N) is 1. The number of benzene rings is 1. The van der Waals surface area contributed by atoms with Gasteiger partial charge in [-0.3, -0.25) is 0 Å². The summed E-state index contributed by atoms with van der Waals surface area (Å²) in [5.74, 6) is -1.04. The number of fused-ring (bicyclic) bond motifs is 1. The van der Waals surface area contributed by atoms with Crippen molar-refractivity contribution in [1.82, 2.24) is 4.98 Å². The molecule has 0 saturated carbocycles.